The van der Waals surface area contributed by atoms with E-state index in [4.69, 9.17) is 10.5 Å². The van der Waals surface area contributed by atoms with Crippen LogP contribution in [0.25, 0.3) is 0 Å². The van der Waals surface area contributed by atoms with E-state index in [9.17, 15) is 8.78 Å². The average Bonchev–Trinajstić information content (AvgIpc) is 2.58. The summed E-state index contributed by atoms with van der Waals surface area (Å²) in [5, 5.41) is 0. The minimum atomic E-state index is -0.618. The summed E-state index contributed by atoms with van der Waals surface area (Å²) in [6.07, 6.45) is 7.95. The van der Waals surface area contributed by atoms with Crippen molar-refractivity contribution in [3.63, 3.8) is 0 Å². The van der Waals surface area contributed by atoms with Gasteiger partial charge in [0.1, 0.15) is 11.9 Å². The van der Waals surface area contributed by atoms with Gasteiger partial charge in [-0.25, -0.2) is 8.78 Å². The largest absolute Gasteiger partial charge is 0.487 e. The molecule has 1 aromatic rings. The van der Waals surface area contributed by atoms with Crippen molar-refractivity contribution in [1.82, 2.24) is 4.90 Å². The summed E-state index contributed by atoms with van der Waals surface area (Å²) in [4.78, 5) is 2.48. The molecule has 0 spiro atoms. The number of nitrogens with two attached hydrogens (primary N) is 1. The maximum atomic E-state index is 13.7. The minimum Gasteiger partial charge on any atom is -0.487 e. The summed E-state index contributed by atoms with van der Waals surface area (Å²) in [5.74, 6) is -0.202. The Morgan fingerprint density at radius 1 is 1.04 bits per heavy atom. The van der Waals surface area contributed by atoms with Crippen LogP contribution in [0.3, 0.4) is 0 Å². The predicted octanol–water partition coefficient (Wildman–Crippen LogP) is 3.72. The van der Waals surface area contributed by atoms with Crippen LogP contribution < -0.4 is 10.5 Å². The second-order valence-corrected chi connectivity index (χ2v) is 7.30. The van der Waals surface area contributed by atoms with Crippen LogP contribution in [-0.4, -0.2) is 36.7 Å². The highest BCUT2D eigenvalue weighted by Crippen LogP contribution is 2.27. The zero-order valence-corrected chi connectivity index (χ0v) is 14.2. The van der Waals surface area contributed by atoms with E-state index in [2.05, 4.69) is 4.90 Å². The highest BCUT2D eigenvalue weighted by atomic mass is 19.1. The fraction of sp³-hybridized carbons (Fsp3) is 0.684. The van der Waals surface area contributed by atoms with Crippen LogP contribution in [-0.2, 0) is 0 Å². The van der Waals surface area contributed by atoms with E-state index >= 15 is 0 Å². The number of ether oxygens (including phenoxy) is 1. The second kappa shape index (κ2) is 8.26. The lowest BCUT2D eigenvalue weighted by Gasteiger charge is -2.34. The zero-order chi connectivity index (χ0) is 16.9. The van der Waals surface area contributed by atoms with Gasteiger partial charge in [0.05, 0.1) is 0 Å². The van der Waals surface area contributed by atoms with Crippen molar-refractivity contribution in [2.24, 2.45) is 11.7 Å². The first-order chi connectivity index (χ1) is 11.6. The number of halogens is 2. The molecule has 2 fully saturated rings. The van der Waals surface area contributed by atoms with Crippen molar-refractivity contribution in [1.29, 1.82) is 0 Å². The van der Waals surface area contributed by atoms with Crippen LogP contribution >= 0.6 is 0 Å². The van der Waals surface area contributed by atoms with Gasteiger partial charge >= 0.3 is 0 Å². The van der Waals surface area contributed by atoms with Crippen LogP contribution in [0.4, 0.5) is 8.78 Å². The molecule has 0 bridgehead atoms. The van der Waals surface area contributed by atoms with Gasteiger partial charge in [0.15, 0.2) is 11.6 Å². The summed E-state index contributed by atoms with van der Waals surface area (Å²) in [7, 11) is 0. The lowest BCUT2D eigenvalue weighted by Crippen LogP contribution is -2.39. The van der Waals surface area contributed by atoms with E-state index in [0.29, 0.717) is 6.04 Å². The Bertz CT molecular complexity index is 524. The Balaban J connectivity index is 1.38. The van der Waals surface area contributed by atoms with Crippen LogP contribution in [0.2, 0.25) is 0 Å². The molecule has 0 radical (unpaired) electrons. The maximum Gasteiger partial charge on any atom is 0.167 e. The molecule has 2 N–H and O–H groups in total. The van der Waals surface area contributed by atoms with Gasteiger partial charge in [-0.05, 0) is 69.5 Å². The number of hydrogen-bond donors (Lipinski definition) is 1. The molecule has 3 nitrogen and oxygen atoms in total. The molecule has 0 amide bonds. The molecule has 1 aromatic carbocycles. The molecule has 1 saturated carbocycles. The number of benzene rings is 1. The molecule has 0 aromatic heterocycles. The van der Waals surface area contributed by atoms with Gasteiger partial charge in [-0.1, -0.05) is 0 Å². The molecule has 1 heterocycles. The van der Waals surface area contributed by atoms with Gasteiger partial charge in [0.2, 0.25) is 0 Å². The van der Waals surface area contributed by atoms with Gasteiger partial charge < -0.3 is 15.4 Å². The average molecular weight is 338 g/mol. The third-order valence-corrected chi connectivity index (χ3v) is 5.47. The Kier molecular flexibility index (Phi) is 6.06. The normalized spacial score (nSPS) is 26.5. The number of piperidine rings is 1. The second-order valence-electron chi connectivity index (χ2n) is 7.30. The van der Waals surface area contributed by atoms with E-state index < -0.39 is 11.6 Å². The van der Waals surface area contributed by atoms with E-state index in [1.807, 2.05) is 0 Å². The number of rotatable bonds is 5. The van der Waals surface area contributed by atoms with Crippen LogP contribution in [0.1, 0.15) is 44.9 Å². The number of nitrogens with zero attached hydrogens (tertiary/aromatic N) is 1. The molecule has 1 aliphatic carbocycles. The van der Waals surface area contributed by atoms with Crippen LogP contribution in [0.15, 0.2) is 18.2 Å². The first-order valence-electron chi connectivity index (χ1n) is 9.20. The van der Waals surface area contributed by atoms with E-state index in [1.54, 1.807) is 0 Å². The molecular formula is C19H28F2N2O. The molecule has 1 aliphatic heterocycles. The molecule has 134 valence electrons. The molecule has 0 atom stereocenters. The summed E-state index contributed by atoms with van der Waals surface area (Å²) >= 11 is 0. The standard InChI is InChI=1S/C19H28F2N2O/c20-15-3-6-19(18(21)13-15)24-17-8-11-23(12-9-17)10-7-14-1-4-16(22)5-2-14/h3,6,13-14,16-17H,1-2,4-5,7-12,22H2. The van der Waals surface area contributed by atoms with Crippen molar-refractivity contribution in [2.45, 2.75) is 57.1 Å². The summed E-state index contributed by atoms with van der Waals surface area (Å²) in [6.45, 7) is 3.11. The number of hydrogen-bond acceptors (Lipinski definition) is 3. The first kappa shape index (κ1) is 17.6. The highest BCUT2D eigenvalue weighted by molar-refractivity contribution is 5.25. The molecule has 5 heteroatoms. The van der Waals surface area contributed by atoms with Gasteiger partial charge in [0, 0.05) is 25.2 Å². The minimum absolute atomic E-state index is 0.0221. The Morgan fingerprint density at radius 2 is 1.75 bits per heavy atom. The first-order valence-corrected chi connectivity index (χ1v) is 9.20. The van der Waals surface area contributed by atoms with Crippen molar-refractivity contribution in [3.05, 3.63) is 29.8 Å². The number of likely N-dealkylation sites (tertiary alicyclic amines) is 1. The molecule has 0 unspecified atom stereocenters. The molecular weight excluding hydrogens is 310 g/mol. The third kappa shape index (κ3) is 4.90. The zero-order valence-electron chi connectivity index (χ0n) is 14.2. The quantitative estimate of drug-likeness (QED) is 0.889. The van der Waals surface area contributed by atoms with Gasteiger partial charge in [0.25, 0.3) is 0 Å². The Labute approximate surface area is 143 Å². The highest BCUT2D eigenvalue weighted by Gasteiger charge is 2.23. The van der Waals surface area contributed by atoms with Crippen molar-refractivity contribution >= 4 is 0 Å². The lowest BCUT2D eigenvalue weighted by molar-refractivity contribution is 0.0921. The van der Waals surface area contributed by atoms with E-state index in [1.165, 1.54) is 44.2 Å². The molecule has 2 aliphatic rings. The molecule has 3 rings (SSSR count). The van der Waals surface area contributed by atoms with Crippen molar-refractivity contribution in [2.75, 3.05) is 19.6 Å². The van der Waals surface area contributed by atoms with Gasteiger partial charge in [-0.2, -0.15) is 0 Å². The van der Waals surface area contributed by atoms with Crippen molar-refractivity contribution in [3.8, 4) is 5.75 Å². The van der Waals surface area contributed by atoms with Gasteiger partial charge in [-0.15, -0.1) is 0 Å². The fourth-order valence-electron chi connectivity index (χ4n) is 3.84. The van der Waals surface area contributed by atoms with Crippen LogP contribution in [0, 0.1) is 17.6 Å². The topological polar surface area (TPSA) is 38.5 Å². The van der Waals surface area contributed by atoms with E-state index in [0.717, 1.165) is 44.5 Å². The molecule has 1 saturated heterocycles. The summed E-state index contributed by atoms with van der Waals surface area (Å²) < 4.78 is 32.3. The Morgan fingerprint density at radius 3 is 2.42 bits per heavy atom. The lowest BCUT2D eigenvalue weighted by atomic mass is 9.84. The summed E-state index contributed by atoms with van der Waals surface area (Å²) in [6, 6.07) is 3.91. The monoisotopic (exact) mass is 338 g/mol. The van der Waals surface area contributed by atoms with E-state index in [-0.39, 0.29) is 11.9 Å². The maximum absolute atomic E-state index is 13.7. The SMILES string of the molecule is NC1CCC(CCN2CCC(Oc3ccc(F)cc3F)CC2)CC1. The third-order valence-electron chi connectivity index (χ3n) is 5.47. The van der Waals surface area contributed by atoms with Crippen LogP contribution in [0.5, 0.6) is 5.75 Å². The Hall–Kier alpha value is -1.20. The van der Waals surface area contributed by atoms with Crippen molar-refractivity contribution < 1.29 is 13.5 Å². The summed E-state index contributed by atoms with van der Waals surface area (Å²) in [5.41, 5.74) is 5.96. The molecule has 24 heavy (non-hydrogen) atoms. The smallest absolute Gasteiger partial charge is 0.167 e. The predicted molar refractivity (Wildman–Crippen MR) is 91.0 cm³/mol. The van der Waals surface area contributed by atoms with Gasteiger partial charge in [-0.3, -0.25) is 0 Å². The fourth-order valence-corrected chi connectivity index (χ4v) is 3.84.